The number of likely N-dealkylation sites (tertiary alicyclic amines) is 1. The van der Waals surface area contributed by atoms with Gasteiger partial charge in [0.1, 0.15) is 12.1 Å². The van der Waals surface area contributed by atoms with E-state index in [0.29, 0.717) is 17.9 Å². The fourth-order valence-corrected chi connectivity index (χ4v) is 5.27. The zero-order valence-electron chi connectivity index (χ0n) is 18.3. The number of hydrogen-bond donors (Lipinski definition) is 1. The van der Waals surface area contributed by atoms with Gasteiger partial charge in [0.05, 0.1) is 17.3 Å². The smallest absolute Gasteiger partial charge is 0.219 e. The van der Waals surface area contributed by atoms with Gasteiger partial charge in [-0.3, -0.25) is 4.79 Å². The predicted octanol–water partition coefficient (Wildman–Crippen LogP) is 3.75. The van der Waals surface area contributed by atoms with Crippen LogP contribution in [0.4, 0.5) is 11.5 Å². The molecule has 2 aromatic heterocycles. The minimum atomic E-state index is 0.182. The van der Waals surface area contributed by atoms with Crippen LogP contribution in [0.25, 0.3) is 33.3 Å². The first-order chi connectivity index (χ1) is 16.1. The minimum absolute atomic E-state index is 0.182. The number of anilines is 2. The van der Waals surface area contributed by atoms with Gasteiger partial charge in [-0.2, -0.15) is 0 Å². The number of fused-ring (bicyclic) bond motifs is 3. The van der Waals surface area contributed by atoms with E-state index in [0.717, 1.165) is 52.8 Å². The van der Waals surface area contributed by atoms with Crippen molar-refractivity contribution in [3.8, 4) is 22.4 Å². The summed E-state index contributed by atoms with van der Waals surface area (Å²) in [4.78, 5) is 29.4. The summed E-state index contributed by atoms with van der Waals surface area (Å²) in [6.45, 7) is 3.39. The zero-order valence-corrected chi connectivity index (χ0v) is 18.3. The molecule has 2 bridgehead atoms. The maximum absolute atomic E-state index is 11.8. The molecule has 7 nitrogen and oxygen atoms in total. The first-order valence-electron chi connectivity index (χ1n) is 11.2. The van der Waals surface area contributed by atoms with Gasteiger partial charge >= 0.3 is 0 Å². The Hall–Kier alpha value is -4.00. The van der Waals surface area contributed by atoms with Crippen molar-refractivity contribution in [3.63, 3.8) is 0 Å². The Labute approximate surface area is 191 Å². The molecule has 0 radical (unpaired) electrons. The number of nitrogens with two attached hydrogens (primary N) is 1. The maximum atomic E-state index is 11.8. The lowest BCUT2D eigenvalue weighted by atomic mass is 10.0. The van der Waals surface area contributed by atoms with Crippen molar-refractivity contribution in [1.29, 1.82) is 0 Å². The highest BCUT2D eigenvalue weighted by Crippen LogP contribution is 2.36. The Bertz CT molecular complexity index is 1370. The molecule has 0 saturated carbocycles. The first kappa shape index (κ1) is 19.7. The summed E-state index contributed by atoms with van der Waals surface area (Å²) in [6.07, 6.45) is 4.39. The largest absolute Gasteiger partial charge is 0.384 e. The number of pyridine rings is 1. The van der Waals surface area contributed by atoms with Crippen molar-refractivity contribution >= 4 is 28.3 Å². The van der Waals surface area contributed by atoms with E-state index >= 15 is 0 Å². The van der Waals surface area contributed by atoms with Crippen LogP contribution in [0.2, 0.25) is 0 Å². The molecular weight excluding hydrogens is 412 g/mol. The van der Waals surface area contributed by atoms with Crippen LogP contribution in [0.15, 0.2) is 67.1 Å². The van der Waals surface area contributed by atoms with Gasteiger partial charge in [-0.1, -0.05) is 18.2 Å². The summed E-state index contributed by atoms with van der Waals surface area (Å²) < 4.78 is 0. The maximum Gasteiger partial charge on any atom is 0.219 e. The van der Waals surface area contributed by atoms with Gasteiger partial charge in [0.25, 0.3) is 0 Å². The molecular formula is C26H24N6O. The topological polar surface area (TPSA) is 88.2 Å². The third-order valence-electron chi connectivity index (χ3n) is 6.87. The lowest BCUT2D eigenvalue weighted by molar-refractivity contribution is -0.129. The molecule has 2 fully saturated rings. The van der Waals surface area contributed by atoms with Crippen molar-refractivity contribution in [1.82, 2.24) is 19.9 Å². The molecule has 2 atom stereocenters. The summed E-state index contributed by atoms with van der Waals surface area (Å²) in [5, 5.41) is 0.996. The summed E-state index contributed by atoms with van der Waals surface area (Å²) in [6, 6.07) is 19.3. The number of nitrogens with zero attached hydrogens (tertiary/aromatic N) is 5. The minimum Gasteiger partial charge on any atom is -0.384 e. The number of carbonyl (C=O) groups is 1. The molecule has 2 saturated heterocycles. The van der Waals surface area contributed by atoms with Gasteiger partial charge < -0.3 is 15.5 Å². The number of piperazine rings is 1. The van der Waals surface area contributed by atoms with Crippen LogP contribution in [0.1, 0.15) is 13.3 Å². The number of benzene rings is 2. The third kappa shape index (κ3) is 3.36. The van der Waals surface area contributed by atoms with E-state index in [9.17, 15) is 4.79 Å². The van der Waals surface area contributed by atoms with Crippen molar-refractivity contribution in [2.45, 2.75) is 25.4 Å². The number of nitrogen functional groups attached to an aromatic ring is 1. The molecule has 0 unspecified atom stereocenters. The van der Waals surface area contributed by atoms with Crippen LogP contribution in [-0.2, 0) is 4.79 Å². The normalized spacial score (nSPS) is 19.4. The van der Waals surface area contributed by atoms with Crippen molar-refractivity contribution in [2.24, 2.45) is 0 Å². The molecule has 1 amide bonds. The molecule has 6 rings (SSSR count). The summed E-state index contributed by atoms with van der Waals surface area (Å²) >= 11 is 0. The van der Waals surface area contributed by atoms with E-state index in [1.165, 1.54) is 5.69 Å². The molecule has 0 spiro atoms. The van der Waals surface area contributed by atoms with Gasteiger partial charge in [-0.15, -0.1) is 0 Å². The van der Waals surface area contributed by atoms with Crippen LogP contribution in [0.5, 0.6) is 0 Å². The SMILES string of the molecule is CC(=O)N1C[C@@H]2C[C@H]1CN2c1ccc(-c2ncnc3ccc(-c4ccnc(N)c4)cc23)cc1. The summed E-state index contributed by atoms with van der Waals surface area (Å²) in [5.41, 5.74) is 12.0. The Morgan fingerprint density at radius 2 is 1.70 bits per heavy atom. The van der Waals surface area contributed by atoms with Crippen LogP contribution < -0.4 is 10.6 Å². The average Bonchev–Trinajstić information content (AvgIpc) is 3.45. The lowest BCUT2D eigenvalue weighted by Crippen LogP contribution is -2.48. The standard InChI is InChI=1S/C26H24N6O/c1-16(33)31-13-22-12-21(31)14-32(22)20-5-2-17(3-6-20)26-23-10-18(4-7-24(23)29-15-30-26)19-8-9-28-25(27)11-19/h2-11,15,21-22H,12-14H2,1H3,(H2,27,28)/t21-,22-/m0/s1. The predicted molar refractivity (Wildman–Crippen MR) is 130 cm³/mol. The van der Waals surface area contributed by atoms with Gasteiger partial charge in [-0.25, -0.2) is 15.0 Å². The molecule has 2 aliphatic heterocycles. The quantitative estimate of drug-likeness (QED) is 0.526. The fraction of sp³-hybridized carbons (Fsp3) is 0.231. The van der Waals surface area contributed by atoms with Crippen LogP contribution in [0.3, 0.4) is 0 Å². The lowest BCUT2D eigenvalue weighted by Gasteiger charge is -2.35. The highest BCUT2D eigenvalue weighted by Gasteiger charge is 2.44. The van der Waals surface area contributed by atoms with Crippen LogP contribution in [0, 0.1) is 0 Å². The highest BCUT2D eigenvalue weighted by molar-refractivity contribution is 5.95. The monoisotopic (exact) mass is 436 g/mol. The van der Waals surface area contributed by atoms with Gasteiger partial charge in [0.15, 0.2) is 0 Å². The second kappa shape index (κ2) is 7.55. The summed E-state index contributed by atoms with van der Waals surface area (Å²) in [7, 11) is 0. The Kier molecular flexibility index (Phi) is 4.50. The van der Waals surface area contributed by atoms with E-state index < -0.39 is 0 Å². The second-order valence-corrected chi connectivity index (χ2v) is 8.84. The number of carbonyl (C=O) groups excluding carboxylic acids is 1. The summed E-state index contributed by atoms with van der Waals surface area (Å²) in [5.74, 6) is 0.678. The molecule has 4 heterocycles. The molecule has 0 aliphatic carbocycles. The molecule has 4 aromatic rings. The van der Waals surface area contributed by atoms with E-state index in [1.807, 2.05) is 29.2 Å². The highest BCUT2D eigenvalue weighted by atomic mass is 16.2. The van der Waals surface area contributed by atoms with Crippen LogP contribution >= 0.6 is 0 Å². The van der Waals surface area contributed by atoms with Gasteiger partial charge in [0.2, 0.25) is 5.91 Å². The average molecular weight is 437 g/mol. The molecule has 33 heavy (non-hydrogen) atoms. The van der Waals surface area contributed by atoms with E-state index in [2.05, 4.69) is 50.2 Å². The van der Waals surface area contributed by atoms with Gasteiger partial charge in [0, 0.05) is 48.9 Å². The Morgan fingerprint density at radius 1 is 0.909 bits per heavy atom. The first-order valence-corrected chi connectivity index (χ1v) is 11.2. The molecule has 2 N–H and O–H groups in total. The zero-order chi connectivity index (χ0) is 22.5. The second-order valence-electron chi connectivity index (χ2n) is 8.84. The Morgan fingerprint density at radius 3 is 2.42 bits per heavy atom. The van der Waals surface area contributed by atoms with E-state index in [4.69, 9.17) is 5.73 Å². The number of hydrogen-bond acceptors (Lipinski definition) is 6. The van der Waals surface area contributed by atoms with Gasteiger partial charge in [-0.05, 0) is 53.9 Å². The van der Waals surface area contributed by atoms with Crippen LogP contribution in [-0.4, -0.2) is 50.9 Å². The molecule has 164 valence electrons. The van der Waals surface area contributed by atoms with Crippen molar-refractivity contribution in [3.05, 3.63) is 67.1 Å². The fourth-order valence-electron chi connectivity index (χ4n) is 5.27. The number of aromatic nitrogens is 3. The third-order valence-corrected chi connectivity index (χ3v) is 6.87. The van der Waals surface area contributed by atoms with Crippen molar-refractivity contribution < 1.29 is 4.79 Å². The van der Waals surface area contributed by atoms with Crippen molar-refractivity contribution in [2.75, 3.05) is 23.7 Å². The number of rotatable bonds is 3. The van der Waals surface area contributed by atoms with E-state index in [1.54, 1.807) is 19.4 Å². The van der Waals surface area contributed by atoms with E-state index in [-0.39, 0.29) is 5.91 Å². The number of amides is 1. The Balaban J connectivity index is 1.32. The molecule has 7 heteroatoms. The molecule has 2 aliphatic rings. The molecule has 2 aromatic carbocycles.